The van der Waals surface area contributed by atoms with Gasteiger partial charge >= 0.3 is 5.97 Å². The molecule has 1 aromatic carbocycles. The molecule has 108 valence electrons. The molecular weight excluding hydrogens is 257 g/mol. The smallest absolute Gasteiger partial charge is 0.328 e. The Morgan fingerprint density at radius 3 is 3.00 bits per heavy atom. The van der Waals surface area contributed by atoms with E-state index in [4.69, 9.17) is 5.11 Å². The molecule has 1 saturated heterocycles. The van der Waals surface area contributed by atoms with Crippen LogP contribution >= 0.6 is 0 Å². The van der Waals surface area contributed by atoms with Gasteiger partial charge in [0, 0.05) is 24.2 Å². The second-order valence-corrected chi connectivity index (χ2v) is 5.20. The molecule has 1 atom stereocenters. The monoisotopic (exact) mass is 277 g/mol. The molecule has 0 amide bonds. The fourth-order valence-electron chi connectivity index (χ4n) is 2.75. The third-order valence-corrected chi connectivity index (χ3v) is 3.84. The van der Waals surface area contributed by atoms with Gasteiger partial charge in [-0.3, -0.25) is 4.90 Å². The summed E-state index contributed by atoms with van der Waals surface area (Å²) in [5.41, 5.74) is 1.25. The van der Waals surface area contributed by atoms with Crippen LogP contribution in [0.2, 0.25) is 0 Å². The first-order valence-corrected chi connectivity index (χ1v) is 7.03. The third kappa shape index (κ3) is 3.67. The number of halogens is 1. The summed E-state index contributed by atoms with van der Waals surface area (Å²) in [6.45, 7) is 3.82. The van der Waals surface area contributed by atoms with Gasteiger partial charge in [0.2, 0.25) is 0 Å². The van der Waals surface area contributed by atoms with E-state index in [0.29, 0.717) is 23.7 Å². The van der Waals surface area contributed by atoms with E-state index in [-0.39, 0.29) is 5.82 Å². The second-order valence-electron chi connectivity index (χ2n) is 5.20. The molecule has 1 fully saturated rings. The number of aliphatic carboxylic acids is 1. The lowest BCUT2D eigenvalue weighted by Gasteiger charge is -2.23. The van der Waals surface area contributed by atoms with Crippen LogP contribution in [0.4, 0.5) is 4.39 Å². The lowest BCUT2D eigenvalue weighted by molar-refractivity contribution is -0.131. The molecule has 0 aliphatic carbocycles. The Balaban J connectivity index is 2.08. The van der Waals surface area contributed by atoms with Crippen molar-refractivity contribution in [1.82, 2.24) is 4.90 Å². The first kappa shape index (κ1) is 14.7. The zero-order valence-electron chi connectivity index (χ0n) is 11.7. The van der Waals surface area contributed by atoms with E-state index in [1.165, 1.54) is 25.0 Å². The van der Waals surface area contributed by atoms with Crippen molar-refractivity contribution in [3.05, 3.63) is 41.2 Å². The van der Waals surface area contributed by atoms with Gasteiger partial charge in [-0.2, -0.15) is 0 Å². The molecule has 0 aromatic heterocycles. The van der Waals surface area contributed by atoms with Crippen LogP contribution in [0.15, 0.2) is 24.3 Å². The van der Waals surface area contributed by atoms with Crippen LogP contribution in [-0.2, 0) is 11.3 Å². The van der Waals surface area contributed by atoms with Gasteiger partial charge in [0.1, 0.15) is 5.82 Å². The Bertz CT molecular complexity index is 513. The van der Waals surface area contributed by atoms with Crippen LogP contribution in [0.1, 0.15) is 37.3 Å². The molecule has 1 aliphatic heterocycles. The molecule has 2 rings (SSSR count). The Morgan fingerprint density at radius 1 is 1.55 bits per heavy atom. The van der Waals surface area contributed by atoms with Gasteiger partial charge < -0.3 is 5.11 Å². The predicted octanol–water partition coefficient (Wildman–Crippen LogP) is 3.30. The molecule has 4 heteroatoms. The van der Waals surface area contributed by atoms with Crippen molar-refractivity contribution < 1.29 is 14.3 Å². The lowest BCUT2D eigenvalue weighted by atomic mass is 10.1. The van der Waals surface area contributed by atoms with Crippen molar-refractivity contribution in [3.63, 3.8) is 0 Å². The SMILES string of the molecule is CCC1CCCN1Cc1ccc(C=CC(=O)O)cc1F. The molecule has 0 spiro atoms. The summed E-state index contributed by atoms with van der Waals surface area (Å²) in [6.07, 6.45) is 5.89. The summed E-state index contributed by atoms with van der Waals surface area (Å²) in [5, 5.41) is 8.56. The maximum atomic E-state index is 14.1. The molecule has 1 unspecified atom stereocenters. The molecule has 1 N–H and O–H groups in total. The van der Waals surface area contributed by atoms with E-state index in [0.717, 1.165) is 19.0 Å². The highest BCUT2D eigenvalue weighted by Gasteiger charge is 2.23. The van der Waals surface area contributed by atoms with Gasteiger partial charge in [-0.15, -0.1) is 0 Å². The third-order valence-electron chi connectivity index (χ3n) is 3.84. The average molecular weight is 277 g/mol. The van der Waals surface area contributed by atoms with Crippen LogP contribution in [0.5, 0.6) is 0 Å². The van der Waals surface area contributed by atoms with Gasteiger partial charge in [-0.1, -0.05) is 19.1 Å². The van der Waals surface area contributed by atoms with E-state index >= 15 is 0 Å². The minimum atomic E-state index is -1.03. The predicted molar refractivity (Wildman–Crippen MR) is 76.8 cm³/mol. The summed E-state index contributed by atoms with van der Waals surface area (Å²) in [4.78, 5) is 12.8. The second kappa shape index (κ2) is 6.66. The minimum absolute atomic E-state index is 0.265. The first-order valence-electron chi connectivity index (χ1n) is 7.03. The fourth-order valence-corrected chi connectivity index (χ4v) is 2.75. The van der Waals surface area contributed by atoms with Crippen LogP contribution < -0.4 is 0 Å². The van der Waals surface area contributed by atoms with Crippen molar-refractivity contribution in [1.29, 1.82) is 0 Å². The number of carboxylic acid groups (broad SMARTS) is 1. The van der Waals surface area contributed by atoms with Gasteiger partial charge in [-0.05, 0) is 43.5 Å². The highest BCUT2D eigenvalue weighted by atomic mass is 19.1. The molecule has 0 saturated carbocycles. The lowest BCUT2D eigenvalue weighted by Crippen LogP contribution is -2.28. The number of hydrogen-bond donors (Lipinski definition) is 1. The molecule has 1 heterocycles. The van der Waals surface area contributed by atoms with E-state index in [1.54, 1.807) is 12.1 Å². The summed E-state index contributed by atoms with van der Waals surface area (Å²) < 4.78 is 14.1. The van der Waals surface area contributed by atoms with Crippen LogP contribution in [0, 0.1) is 5.82 Å². The zero-order chi connectivity index (χ0) is 14.5. The number of nitrogens with zero attached hydrogens (tertiary/aromatic N) is 1. The van der Waals surface area contributed by atoms with E-state index in [9.17, 15) is 9.18 Å². The summed E-state index contributed by atoms with van der Waals surface area (Å²) in [6, 6.07) is 5.46. The molecular formula is C16H20FNO2. The van der Waals surface area contributed by atoms with E-state index in [1.807, 2.05) is 0 Å². The molecule has 0 bridgehead atoms. The minimum Gasteiger partial charge on any atom is -0.478 e. The first-order chi connectivity index (χ1) is 9.60. The number of carboxylic acids is 1. The van der Waals surface area contributed by atoms with Crippen molar-refractivity contribution in [2.45, 2.75) is 38.8 Å². The molecule has 1 aliphatic rings. The Kier molecular flexibility index (Phi) is 4.90. The van der Waals surface area contributed by atoms with Gasteiger partial charge in [0.05, 0.1) is 0 Å². The highest BCUT2D eigenvalue weighted by Crippen LogP contribution is 2.23. The maximum Gasteiger partial charge on any atom is 0.328 e. The van der Waals surface area contributed by atoms with Gasteiger partial charge in [0.15, 0.2) is 0 Å². The van der Waals surface area contributed by atoms with Crippen molar-refractivity contribution in [2.24, 2.45) is 0 Å². The largest absolute Gasteiger partial charge is 0.478 e. The van der Waals surface area contributed by atoms with Crippen LogP contribution in [-0.4, -0.2) is 28.6 Å². The van der Waals surface area contributed by atoms with Crippen LogP contribution in [0.25, 0.3) is 6.08 Å². The normalized spacial score (nSPS) is 19.8. The van der Waals surface area contributed by atoms with E-state index in [2.05, 4.69) is 11.8 Å². The summed E-state index contributed by atoms with van der Waals surface area (Å²) >= 11 is 0. The highest BCUT2D eigenvalue weighted by molar-refractivity contribution is 5.85. The molecule has 20 heavy (non-hydrogen) atoms. The molecule has 0 radical (unpaired) electrons. The topological polar surface area (TPSA) is 40.5 Å². The quantitative estimate of drug-likeness (QED) is 0.839. The number of hydrogen-bond acceptors (Lipinski definition) is 2. The summed E-state index contributed by atoms with van der Waals surface area (Å²) in [5.74, 6) is -1.29. The number of likely N-dealkylation sites (tertiary alicyclic amines) is 1. The fraction of sp³-hybridized carbons (Fsp3) is 0.438. The Hall–Kier alpha value is -1.68. The molecule has 3 nitrogen and oxygen atoms in total. The van der Waals surface area contributed by atoms with Gasteiger partial charge in [-0.25, -0.2) is 9.18 Å². The number of rotatable bonds is 5. The van der Waals surface area contributed by atoms with Gasteiger partial charge in [0.25, 0.3) is 0 Å². The van der Waals surface area contributed by atoms with E-state index < -0.39 is 5.97 Å². The summed E-state index contributed by atoms with van der Waals surface area (Å²) in [7, 11) is 0. The van der Waals surface area contributed by atoms with Crippen LogP contribution in [0.3, 0.4) is 0 Å². The Morgan fingerprint density at radius 2 is 2.35 bits per heavy atom. The number of benzene rings is 1. The van der Waals surface area contributed by atoms with Crippen molar-refractivity contribution >= 4 is 12.0 Å². The van der Waals surface area contributed by atoms with Crippen molar-refractivity contribution in [3.8, 4) is 0 Å². The zero-order valence-corrected chi connectivity index (χ0v) is 11.7. The average Bonchev–Trinajstić information content (AvgIpc) is 2.86. The Labute approximate surface area is 118 Å². The standard InChI is InChI=1S/C16H20FNO2/c1-2-14-4-3-9-18(14)11-13-7-5-12(10-15(13)17)6-8-16(19)20/h5-8,10,14H,2-4,9,11H2,1H3,(H,19,20). The van der Waals surface area contributed by atoms with Crippen molar-refractivity contribution in [2.75, 3.05) is 6.54 Å². The molecule has 1 aromatic rings. The number of carbonyl (C=O) groups is 1. The maximum absolute atomic E-state index is 14.1.